The van der Waals surface area contributed by atoms with Gasteiger partial charge in [-0.25, -0.2) is 4.79 Å². The first-order chi connectivity index (χ1) is 13.0. The summed E-state index contributed by atoms with van der Waals surface area (Å²) in [5.41, 5.74) is 0.977. The Morgan fingerprint density at radius 3 is 2.81 bits per heavy atom. The van der Waals surface area contributed by atoms with Crippen LogP contribution < -0.4 is 10.6 Å². The minimum absolute atomic E-state index is 0.00163. The van der Waals surface area contributed by atoms with Crippen molar-refractivity contribution < 1.29 is 19.1 Å². The van der Waals surface area contributed by atoms with Gasteiger partial charge in [-0.3, -0.25) is 9.89 Å². The molecule has 0 spiro atoms. The molecule has 1 saturated carbocycles. The number of aromatic nitrogens is 2. The summed E-state index contributed by atoms with van der Waals surface area (Å²) in [6, 6.07) is 1.96. The molecule has 2 bridgehead atoms. The number of rotatable bonds is 5. The molecule has 3 aliphatic rings. The predicted molar refractivity (Wildman–Crippen MR) is 98.4 cm³/mol. The molecule has 2 saturated heterocycles. The van der Waals surface area contributed by atoms with Crippen molar-refractivity contribution in [3.05, 3.63) is 11.8 Å². The molecule has 2 amide bonds. The number of hydrogen-bond acceptors (Lipinski definition) is 5. The molecule has 2 aliphatic heterocycles. The van der Waals surface area contributed by atoms with Gasteiger partial charge in [0, 0.05) is 23.7 Å². The topological polar surface area (TPSA) is 105 Å². The minimum atomic E-state index is -0.360. The number of ether oxygens (including phenoxy) is 2. The molecule has 8 nitrogen and oxygen atoms in total. The van der Waals surface area contributed by atoms with Crippen LogP contribution in [-0.2, 0) is 14.3 Å². The first-order valence-corrected chi connectivity index (χ1v) is 9.96. The highest BCUT2D eigenvalue weighted by molar-refractivity contribution is 5.92. The summed E-state index contributed by atoms with van der Waals surface area (Å²) >= 11 is 0. The number of anilines is 1. The summed E-state index contributed by atoms with van der Waals surface area (Å²) in [6.45, 7) is 3.81. The van der Waals surface area contributed by atoms with E-state index < -0.39 is 0 Å². The number of hydrogen-bond donors (Lipinski definition) is 3. The standard InChI is InChI=1S/C19H28N4O4/c1-10(2)20-19(25)27-12-4-3-11(7-12)15-9-17(23-22-15)21-18(24)14-8-13-5-6-16(14)26-13/h9-14,16H,3-8H2,1-2H3,(H,20,25)(H2,21,22,23,24)/t11-,12+,13?,14?,16?/m0/s1. The Balaban J connectivity index is 1.28. The summed E-state index contributed by atoms with van der Waals surface area (Å²) in [5, 5.41) is 12.9. The highest BCUT2D eigenvalue weighted by Gasteiger charge is 2.44. The molecule has 27 heavy (non-hydrogen) atoms. The number of carbonyl (C=O) groups excluding carboxylic acids is 2. The van der Waals surface area contributed by atoms with Crippen LogP contribution in [0.5, 0.6) is 0 Å². The fourth-order valence-corrected chi connectivity index (χ4v) is 4.49. The van der Waals surface area contributed by atoms with E-state index in [4.69, 9.17) is 9.47 Å². The maximum absolute atomic E-state index is 12.5. The lowest BCUT2D eigenvalue weighted by molar-refractivity contribution is -0.121. The van der Waals surface area contributed by atoms with E-state index in [0.29, 0.717) is 5.82 Å². The van der Waals surface area contributed by atoms with Gasteiger partial charge in [-0.15, -0.1) is 0 Å². The maximum Gasteiger partial charge on any atom is 0.407 e. The molecule has 1 aromatic heterocycles. The second kappa shape index (κ2) is 7.50. The number of alkyl carbamates (subject to hydrolysis) is 1. The molecular weight excluding hydrogens is 348 g/mol. The van der Waals surface area contributed by atoms with Crippen LogP contribution in [-0.4, -0.2) is 46.6 Å². The molecule has 0 radical (unpaired) electrons. The Labute approximate surface area is 158 Å². The first-order valence-electron chi connectivity index (χ1n) is 9.96. The molecular formula is C19H28N4O4. The van der Waals surface area contributed by atoms with Crippen molar-refractivity contribution in [3.8, 4) is 0 Å². The van der Waals surface area contributed by atoms with Crippen LogP contribution in [0.1, 0.15) is 64.0 Å². The van der Waals surface area contributed by atoms with Gasteiger partial charge in [0.25, 0.3) is 0 Å². The van der Waals surface area contributed by atoms with Crippen LogP contribution in [0.25, 0.3) is 0 Å². The number of aromatic amines is 1. The van der Waals surface area contributed by atoms with Crippen LogP contribution in [0.3, 0.4) is 0 Å². The van der Waals surface area contributed by atoms with Gasteiger partial charge in [-0.05, 0) is 52.4 Å². The smallest absolute Gasteiger partial charge is 0.407 e. The Morgan fingerprint density at radius 2 is 2.11 bits per heavy atom. The number of amides is 2. The molecule has 3 fully saturated rings. The van der Waals surface area contributed by atoms with Crippen molar-refractivity contribution in [2.75, 3.05) is 5.32 Å². The zero-order valence-electron chi connectivity index (χ0n) is 15.9. The largest absolute Gasteiger partial charge is 0.446 e. The second-order valence-corrected chi connectivity index (χ2v) is 8.25. The summed E-state index contributed by atoms with van der Waals surface area (Å²) < 4.78 is 11.2. The Bertz CT molecular complexity index is 704. The van der Waals surface area contributed by atoms with Crippen molar-refractivity contribution in [1.82, 2.24) is 15.5 Å². The van der Waals surface area contributed by atoms with Crippen LogP contribution in [0.2, 0.25) is 0 Å². The van der Waals surface area contributed by atoms with Gasteiger partial charge in [-0.2, -0.15) is 5.10 Å². The van der Waals surface area contributed by atoms with Crippen molar-refractivity contribution in [3.63, 3.8) is 0 Å². The first kappa shape index (κ1) is 18.3. The van der Waals surface area contributed by atoms with E-state index in [9.17, 15) is 9.59 Å². The van der Waals surface area contributed by atoms with E-state index in [1.54, 1.807) is 0 Å². The monoisotopic (exact) mass is 376 g/mol. The van der Waals surface area contributed by atoms with Gasteiger partial charge in [0.15, 0.2) is 5.82 Å². The molecule has 5 atom stereocenters. The van der Waals surface area contributed by atoms with Crippen LogP contribution >= 0.6 is 0 Å². The van der Waals surface area contributed by atoms with E-state index in [1.165, 1.54) is 0 Å². The van der Waals surface area contributed by atoms with Gasteiger partial charge < -0.3 is 20.1 Å². The van der Waals surface area contributed by atoms with Gasteiger partial charge in [0.2, 0.25) is 5.91 Å². The Kier molecular flexibility index (Phi) is 5.08. The molecule has 1 aliphatic carbocycles. The van der Waals surface area contributed by atoms with E-state index in [-0.39, 0.29) is 48.2 Å². The maximum atomic E-state index is 12.5. The molecule has 0 aromatic carbocycles. The van der Waals surface area contributed by atoms with Gasteiger partial charge in [0.1, 0.15) is 6.10 Å². The highest BCUT2D eigenvalue weighted by Crippen LogP contribution is 2.39. The zero-order chi connectivity index (χ0) is 19.0. The molecule has 3 N–H and O–H groups in total. The quantitative estimate of drug-likeness (QED) is 0.733. The van der Waals surface area contributed by atoms with Crippen molar-refractivity contribution in [1.29, 1.82) is 0 Å². The third kappa shape index (κ3) is 4.10. The number of fused-ring (bicyclic) bond motifs is 2. The summed E-state index contributed by atoms with van der Waals surface area (Å²) in [7, 11) is 0. The van der Waals surface area contributed by atoms with Crippen LogP contribution in [0.15, 0.2) is 6.07 Å². The minimum Gasteiger partial charge on any atom is -0.446 e. The average Bonchev–Trinajstić information content (AvgIpc) is 3.38. The SMILES string of the molecule is CC(C)NC(=O)O[C@@H]1CC[C@H](c2cc(NC(=O)C3CC4CCC3O4)n[nH]2)C1. The van der Waals surface area contributed by atoms with Crippen molar-refractivity contribution >= 4 is 17.8 Å². The molecule has 3 heterocycles. The predicted octanol–water partition coefficient (Wildman–Crippen LogP) is 2.69. The lowest BCUT2D eigenvalue weighted by Crippen LogP contribution is -2.33. The Morgan fingerprint density at radius 1 is 1.26 bits per heavy atom. The van der Waals surface area contributed by atoms with Crippen molar-refractivity contribution in [2.45, 2.75) is 82.6 Å². The number of nitrogens with zero attached hydrogens (tertiary/aromatic N) is 1. The van der Waals surface area contributed by atoms with Gasteiger partial charge in [-0.1, -0.05) is 0 Å². The zero-order valence-corrected chi connectivity index (χ0v) is 15.9. The van der Waals surface area contributed by atoms with Gasteiger partial charge >= 0.3 is 6.09 Å². The normalized spacial score (nSPS) is 32.0. The highest BCUT2D eigenvalue weighted by atomic mass is 16.6. The van der Waals surface area contributed by atoms with E-state index in [1.807, 2.05) is 19.9 Å². The molecule has 1 aromatic rings. The average molecular weight is 376 g/mol. The summed E-state index contributed by atoms with van der Waals surface area (Å²) in [4.78, 5) is 24.2. The van der Waals surface area contributed by atoms with Gasteiger partial charge in [0.05, 0.1) is 18.1 Å². The van der Waals surface area contributed by atoms with Crippen LogP contribution in [0, 0.1) is 5.92 Å². The number of carbonyl (C=O) groups is 2. The third-order valence-corrected chi connectivity index (χ3v) is 5.80. The van der Waals surface area contributed by atoms with Crippen molar-refractivity contribution in [2.24, 2.45) is 5.92 Å². The number of H-pyrrole nitrogens is 1. The molecule has 148 valence electrons. The van der Waals surface area contributed by atoms with E-state index >= 15 is 0 Å². The molecule has 4 rings (SSSR count). The molecule has 8 heteroatoms. The lowest BCUT2D eigenvalue weighted by atomic mass is 9.88. The lowest BCUT2D eigenvalue weighted by Gasteiger charge is -2.16. The van der Waals surface area contributed by atoms with E-state index in [0.717, 1.165) is 44.2 Å². The fraction of sp³-hybridized carbons (Fsp3) is 0.737. The summed E-state index contributed by atoms with van der Waals surface area (Å²) in [6.07, 6.45) is 5.26. The second-order valence-electron chi connectivity index (χ2n) is 8.25. The summed E-state index contributed by atoms with van der Waals surface area (Å²) in [5.74, 6) is 0.747. The Hall–Kier alpha value is -2.09. The van der Waals surface area contributed by atoms with Crippen LogP contribution in [0.4, 0.5) is 10.6 Å². The number of nitrogens with one attached hydrogen (secondary N) is 3. The molecule has 3 unspecified atom stereocenters. The fourth-order valence-electron chi connectivity index (χ4n) is 4.49. The van der Waals surface area contributed by atoms with E-state index in [2.05, 4.69) is 20.8 Å². The third-order valence-electron chi connectivity index (χ3n) is 5.80.